The Balaban J connectivity index is 1.82. The van der Waals surface area contributed by atoms with Gasteiger partial charge in [-0.3, -0.25) is 4.90 Å². The van der Waals surface area contributed by atoms with Crippen molar-refractivity contribution in [3.05, 3.63) is 35.9 Å². The Morgan fingerprint density at radius 2 is 1.85 bits per heavy atom. The van der Waals surface area contributed by atoms with E-state index >= 15 is 0 Å². The molecule has 3 rings (SSSR count). The van der Waals surface area contributed by atoms with Crippen molar-refractivity contribution >= 4 is 0 Å². The Morgan fingerprint density at radius 3 is 2.40 bits per heavy atom. The summed E-state index contributed by atoms with van der Waals surface area (Å²) in [5, 5.41) is 3.36. The molecule has 0 spiro atoms. The van der Waals surface area contributed by atoms with E-state index in [2.05, 4.69) is 5.32 Å². The number of rotatable bonds is 2. The molecule has 1 aromatic rings. The molecule has 2 nitrogen and oxygen atoms in total. The Morgan fingerprint density at radius 1 is 1.20 bits per heavy atom. The molecule has 2 aliphatic rings. The van der Waals surface area contributed by atoms with Gasteiger partial charge >= 0.3 is 6.18 Å². The van der Waals surface area contributed by atoms with E-state index in [0.29, 0.717) is 13.1 Å². The molecule has 0 radical (unpaired) electrons. The lowest BCUT2D eigenvalue weighted by molar-refractivity contribution is -0.205. The lowest BCUT2D eigenvalue weighted by Gasteiger charge is -2.44. The van der Waals surface area contributed by atoms with Gasteiger partial charge < -0.3 is 5.32 Å². The SMILES string of the molecule is CC1CNC(c2ccccc2)CN1C1(C(F)(F)F)CC1. The molecule has 2 unspecified atom stereocenters. The van der Waals surface area contributed by atoms with Crippen molar-refractivity contribution in [1.82, 2.24) is 10.2 Å². The van der Waals surface area contributed by atoms with Gasteiger partial charge in [-0.15, -0.1) is 0 Å². The zero-order valence-corrected chi connectivity index (χ0v) is 11.5. The molecule has 1 saturated heterocycles. The van der Waals surface area contributed by atoms with Gasteiger partial charge in [-0.25, -0.2) is 0 Å². The highest BCUT2D eigenvalue weighted by molar-refractivity contribution is 5.22. The van der Waals surface area contributed by atoms with Crippen molar-refractivity contribution in [3.8, 4) is 0 Å². The van der Waals surface area contributed by atoms with Gasteiger partial charge in [0.15, 0.2) is 0 Å². The molecule has 1 aliphatic heterocycles. The number of halogens is 3. The molecular weight excluding hydrogens is 265 g/mol. The summed E-state index contributed by atoms with van der Waals surface area (Å²) < 4.78 is 40.0. The Bertz CT molecular complexity index is 468. The smallest absolute Gasteiger partial charge is 0.307 e. The highest BCUT2D eigenvalue weighted by Gasteiger charge is 2.67. The number of nitrogens with one attached hydrogen (secondary N) is 1. The van der Waals surface area contributed by atoms with Crippen molar-refractivity contribution < 1.29 is 13.2 Å². The average Bonchev–Trinajstić information content (AvgIpc) is 3.21. The predicted molar refractivity (Wildman–Crippen MR) is 71.4 cm³/mol. The third kappa shape index (κ3) is 2.23. The summed E-state index contributed by atoms with van der Waals surface area (Å²) in [6.45, 7) is 2.89. The molecule has 0 aromatic heterocycles. The van der Waals surface area contributed by atoms with Crippen LogP contribution in [-0.4, -0.2) is 35.7 Å². The van der Waals surface area contributed by atoms with Crippen molar-refractivity contribution in [2.75, 3.05) is 13.1 Å². The molecule has 1 aromatic carbocycles. The van der Waals surface area contributed by atoms with Crippen LogP contribution < -0.4 is 5.32 Å². The topological polar surface area (TPSA) is 15.3 Å². The van der Waals surface area contributed by atoms with Crippen LogP contribution in [0.1, 0.15) is 31.4 Å². The summed E-state index contributed by atoms with van der Waals surface area (Å²) in [7, 11) is 0. The Labute approximate surface area is 117 Å². The zero-order chi connectivity index (χ0) is 14.4. The first-order valence-electron chi connectivity index (χ1n) is 7.06. The largest absolute Gasteiger partial charge is 0.406 e. The molecule has 110 valence electrons. The third-order valence-electron chi connectivity index (χ3n) is 4.57. The van der Waals surface area contributed by atoms with Crippen LogP contribution >= 0.6 is 0 Å². The van der Waals surface area contributed by atoms with Gasteiger partial charge in [0.1, 0.15) is 5.54 Å². The molecule has 1 N–H and O–H groups in total. The van der Waals surface area contributed by atoms with Gasteiger partial charge in [0.05, 0.1) is 0 Å². The molecule has 0 amide bonds. The summed E-state index contributed by atoms with van der Waals surface area (Å²) in [6, 6.07) is 9.61. The number of piperazine rings is 1. The van der Waals surface area contributed by atoms with E-state index in [9.17, 15) is 13.2 Å². The second kappa shape index (κ2) is 4.74. The lowest BCUT2D eigenvalue weighted by atomic mass is 9.99. The van der Waals surface area contributed by atoms with Gasteiger partial charge in [-0.05, 0) is 25.3 Å². The second-order valence-corrected chi connectivity index (χ2v) is 5.90. The number of nitrogens with zero attached hydrogens (tertiary/aromatic N) is 1. The maximum atomic E-state index is 13.3. The summed E-state index contributed by atoms with van der Waals surface area (Å²) in [6.07, 6.45) is -3.65. The maximum Gasteiger partial charge on any atom is 0.406 e. The Kier molecular flexibility index (Phi) is 3.29. The van der Waals surface area contributed by atoms with Gasteiger partial charge in [-0.2, -0.15) is 13.2 Å². The van der Waals surface area contributed by atoms with Crippen LogP contribution in [0.2, 0.25) is 0 Å². The van der Waals surface area contributed by atoms with Crippen molar-refractivity contribution in [2.24, 2.45) is 0 Å². The minimum Gasteiger partial charge on any atom is -0.307 e. The highest BCUT2D eigenvalue weighted by atomic mass is 19.4. The monoisotopic (exact) mass is 284 g/mol. The zero-order valence-electron chi connectivity index (χ0n) is 11.5. The van der Waals surface area contributed by atoms with Crippen molar-refractivity contribution in [3.63, 3.8) is 0 Å². The van der Waals surface area contributed by atoms with Gasteiger partial charge in [0.2, 0.25) is 0 Å². The predicted octanol–water partition coefficient (Wildman–Crippen LogP) is 3.12. The summed E-state index contributed by atoms with van der Waals surface area (Å²) >= 11 is 0. The van der Waals surface area contributed by atoms with E-state index in [1.54, 1.807) is 4.90 Å². The van der Waals surface area contributed by atoms with Crippen LogP contribution in [0.4, 0.5) is 13.2 Å². The first-order valence-corrected chi connectivity index (χ1v) is 7.06. The van der Waals surface area contributed by atoms with E-state index in [0.717, 1.165) is 5.56 Å². The molecule has 1 saturated carbocycles. The van der Waals surface area contributed by atoms with Crippen LogP contribution in [0.15, 0.2) is 30.3 Å². The van der Waals surface area contributed by atoms with Gasteiger partial charge in [-0.1, -0.05) is 30.3 Å². The van der Waals surface area contributed by atoms with Crippen LogP contribution in [-0.2, 0) is 0 Å². The fourth-order valence-electron chi connectivity index (χ4n) is 3.22. The van der Waals surface area contributed by atoms with Crippen LogP contribution in [0.5, 0.6) is 0 Å². The molecule has 2 atom stereocenters. The molecule has 2 fully saturated rings. The molecule has 20 heavy (non-hydrogen) atoms. The first-order chi connectivity index (χ1) is 9.44. The molecular formula is C15H19F3N2. The normalized spacial score (nSPS) is 30.2. The number of hydrogen-bond donors (Lipinski definition) is 1. The fourth-order valence-corrected chi connectivity index (χ4v) is 3.22. The number of benzene rings is 1. The van der Waals surface area contributed by atoms with Crippen LogP contribution in [0.3, 0.4) is 0 Å². The lowest BCUT2D eigenvalue weighted by Crippen LogP contribution is -2.60. The quantitative estimate of drug-likeness (QED) is 0.897. The minimum absolute atomic E-state index is 0.0211. The van der Waals surface area contributed by atoms with E-state index in [-0.39, 0.29) is 24.9 Å². The summed E-state index contributed by atoms with van der Waals surface area (Å²) in [5.74, 6) is 0. The van der Waals surface area contributed by atoms with Crippen LogP contribution in [0, 0.1) is 0 Å². The first kappa shape index (κ1) is 13.9. The van der Waals surface area contributed by atoms with E-state index in [1.165, 1.54) is 0 Å². The standard InChI is InChI=1S/C15H19F3N2/c1-11-9-19-13(12-5-3-2-4-6-12)10-20(11)14(7-8-14)15(16,17)18/h2-6,11,13,19H,7-10H2,1H3. The molecule has 5 heteroatoms. The Hall–Kier alpha value is -1.07. The van der Waals surface area contributed by atoms with Gasteiger partial charge in [0.25, 0.3) is 0 Å². The maximum absolute atomic E-state index is 13.3. The van der Waals surface area contributed by atoms with Crippen molar-refractivity contribution in [2.45, 2.75) is 43.6 Å². The molecule has 1 aliphatic carbocycles. The summed E-state index contributed by atoms with van der Waals surface area (Å²) in [4.78, 5) is 1.67. The van der Waals surface area contributed by atoms with Crippen LogP contribution in [0.25, 0.3) is 0 Å². The number of alkyl halides is 3. The molecule has 0 bridgehead atoms. The van der Waals surface area contributed by atoms with Gasteiger partial charge in [0, 0.05) is 25.2 Å². The molecule has 1 heterocycles. The van der Waals surface area contributed by atoms with Crippen molar-refractivity contribution in [1.29, 1.82) is 0 Å². The van der Waals surface area contributed by atoms with E-state index in [4.69, 9.17) is 0 Å². The summed E-state index contributed by atoms with van der Waals surface area (Å²) in [5.41, 5.74) is -0.510. The third-order valence-corrected chi connectivity index (χ3v) is 4.57. The average molecular weight is 284 g/mol. The van der Waals surface area contributed by atoms with E-state index in [1.807, 2.05) is 37.3 Å². The second-order valence-electron chi connectivity index (χ2n) is 5.90. The minimum atomic E-state index is -4.13. The highest BCUT2D eigenvalue weighted by Crippen LogP contribution is 2.55. The fraction of sp³-hybridized carbons (Fsp3) is 0.600. The van der Waals surface area contributed by atoms with E-state index < -0.39 is 11.7 Å². The number of hydrogen-bond acceptors (Lipinski definition) is 2.